The first-order valence-corrected chi connectivity index (χ1v) is 17.2. The summed E-state index contributed by atoms with van der Waals surface area (Å²) in [6, 6.07) is 55.6. The van der Waals surface area contributed by atoms with Crippen LogP contribution >= 0.6 is 0 Å². The van der Waals surface area contributed by atoms with Gasteiger partial charge in [-0.05, 0) is 24.3 Å². The molecule has 0 bridgehead atoms. The van der Waals surface area contributed by atoms with E-state index in [4.69, 9.17) is 34.7 Å². The van der Waals surface area contributed by atoms with Crippen molar-refractivity contribution in [2.45, 2.75) is 6.23 Å². The van der Waals surface area contributed by atoms with Gasteiger partial charge in [0.15, 0.2) is 34.9 Å². The van der Waals surface area contributed by atoms with Gasteiger partial charge in [-0.1, -0.05) is 146 Å². The van der Waals surface area contributed by atoms with Crippen molar-refractivity contribution in [3.63, 3.8) is 0 Å². The van der Waals surface area contributed by atoms with Crippen molar-refractivity contribution in [2.24, 2.45) is 4.99 Å². The van der Waals surface area contributed by atoms with E-state index in [1.807, 2.05) is 170 Å². The minimum Gasteiger partial charge on any atom is -0.236 e. The van der Waals surface area contributed by atoms with E-state index in [0.717, 1.165) is 44.6 Å². The SMILES string of the molecule is C1=NC(c2ccc(-c3nc(-c4ccccc4)nc(-c4ccccc4)n3)cc2)ON1c1ccc(-c2nc(-c3ccccc3)nc(-c3ccccc3)n2)cc1. The molecule has 53 heavy (non-hydrogen) atoms. The van der Waals surface area contributed by atoms with Crippen LogP contribution in [0.15, 0.2) is 175 Å². The third-order valence-corrected chi connectivity index (χ3v) is 8.75. The molecule has 3 heterocycles. The number of hydrogen-bond donors (Lipinski definition) is 0. The molecule has 0 N–H and O–H groups in total. The molecule has 0 radical (unpaired) electrons. The molecule has 0 amide bonds. The highest BCUT2D eigenvalue weighted by atomic mass is 16.7. The molecule has 1 atom stereocenters. The molecule has 0 fully saturated rings. The summed E-state index contributed by atoms with van der Waals surface area (Å²) in [7, 11) is 0. The van der Waals surface area contributed by atoms with Gasteiger partial charge >= 0.3 is 0 Å². The van der Waals surface area contributed by atoms with E-state index in [2.05, 4.69) is 4.99 Å². The lowest BCUT2D eigenvalue weighted by Gasteiger charge is -2.17. The van der Waals surface area contributed by atoms with Crippen LogP contribution in [0, 0.1) is 0 Å². The topological polar surface area (TPSA) is 102 Å². The van der Waals surface area contributed by atoms with Crippen molar-refractivity contribution < 1.29 is 4.84 Å². The van der Waals surface area contributed by atoms with Crippen LogP contribution < -0.4 is 5.06 Å². The van der Waals surface area contributed by atoms with Gasteiger partial charge in [0, 0.05) is 38.9 Å². The lowest BCUT2D eigenvalue weighted by Crippen LogP contribution is -2.16. The first-order valence-electron chi connectivity index (χ1n) is 17.2. The molecule has 1 unspecified atom stereocenters. The van der Waals surface area contributed by atoms with E-state index in [1.54, 1.807) is 11.4 Å². The summed E-state index contributed by atoms with van der Waals surface area (Å²) in [6.45, 7) is 0. The third kappa shape index (κ3) is 6.80. The molecule has 0 aliphatic carbocycles. The number of hydroxylamine groups is 1. The largest absolute Gasteiger partial charge is 0.236 e. The Balaban J connectivity index is 0.943. The molecule has 0 saturated carbocycles. The highest BCUT2D eigenvalue weighted by Gasteiger charge is 2.22. The summed E-state index contributed by atoms with van der Waals surface area (Å²) >= 11 is 0. The lowest BCUT2D eigenvalue weighted by atomic mass is 10.1. The molecule has 1 aliphatic rings. The molecule has 9 rings (SSSR count). The van der Waals surface area contributed by atoms with Gasteiger partial charge in [-0.15, -0.1) is 0 Å². The van der Waals surface area contributed by atoms with Crippen LogP contribution in [0.2, 0.25) is 0 Å². The van der Waals surface area contributed by atoms with E-state index in [9.17, 15) is 0 Å². The van der Waals surface area contributed by atoms with Gasteiger partial charge in [-0.25, -0.2) is 44.8 Å². The molecular weight excluding hydrogens is 657 g/mol. The summed E-state index contributed by atoms with van der Waals surface area (Å²) < 4.78 is 0. The Morgan fingerprint density at radius 1 is 0.340 bits per heavy atom. The minimum absolute atomic E-state index is 0.507. The van der Waals surface area contributed by atoms with Crippen molar-refractivity contribution >= 4 is 12.0 Å². The second-order valence-electron chi connectivity index (χ2n) is 12.3. The van der Waals surface area contributed by atoms with Crippen LogP contribution in [-0.2, 0) is 4.84 Å². The summed E-state index contributed by atoms with van der Waals surface area (Å²) in [4.78, 5) is 39.9. The summed E-state index contributed by atoms with van der Waals surface area (Å²) in [5.41, 5.74) is 7.15. The van der Waals surface area contributed by atoms with Gasteiger partial charge in [0.25, 0.3) is 0 Å². The van der Waals surface area contributed by atoms with Gasteiger partial charge in [0.2, 0.25) is 6.23 Å². The maximum absolute atomic E-state index is 6.26. The predicted octanol–water partition coefficient (Wildman–Crippen LogP) is 9.54. The van der Waals surface area contributed by atoms with E-state index >= 15 is 0 Å². The Morgan fingerprint density at radius 2 is 0.642 bits per heavy atom. The number of hydrogen-bond acceptors (Lipinski definition) is 9. The molecule has 0 saturated heterocycles. The van der Waals surface area contributed by atoms with Crippen LogP contribution in [0.5, 0.6) is 0 Å². The van der Waals surface area contributed by atoms with Crippen molar-refractivity contribution in [1.29, 1.82) is 0 Å². The number of nitrogens with zero attached hydrogens (tertiary/aromatic N) is 8. The first-order chi connectivity index (χ1) is 26.2. The fraction of sp³-hybridized carbons (Fsp3) is 0.0227. The van der Waals surface area contributed by atoms with E-state index in [-0.39, 0.29) is 0 Å². The van der Waals surface area contributed by atoms with E-state index in [1.165, 1.54) is 0 Å². The van der Waals surface area contributed by atoms with Crippen molar-refractivity contribution in [3.05, 3.63) is 175 Å². The Hall–Kier alpha value is -7.23. The van der Waals surface area contributed by atoms with Crippen LogP contribution in [0.4, 0.5) is 5.69 Å². The zero-order valence-corrected chi connectivity index (χ0v) is 28.3. The lowest BCUT2D eigenvalue weighted by molar-refractivity contribution is 0.0876. The van der Waals surface area contributed by atoms with Crippen LogP contribution in [0.3, 0.4) is 0 Å². The maximum atomic E-state index is 6.26. The molecule has 6 aromatic carbocycles. The zero-order valence-electron chi connectivity index (χ0n) is 28.3. The predicted molar refractivity (Wildman–Crippen MR) is 207 cm³/mol. The number of benzene rings is 6. The molecule has 0 spiro atoms. The fourth-order valence-electron chi connectivity index (χ4n) is 5.99. The van der Waals surface area contributed by atoms with Gasteiger partial charge in [0.05, 0.1) is 5.69 Å². The quantitative estimate of drug-likeness (QED) is 0.156. The monoisotopic (exact) mass is 686 g/mol. The standard InChI is InChI=1S/C44H30N8O/c1-5-13-30(14-6-1)38-46-39(31-15-7-2-8-16-31)49-42(48-38)34-21-23-36(24-22-34)44-45-29-52(53-44)37-27-25-35(26-28-37)43-50-40(32-17-9-3-10-18-32)47-41(51-43)33-19-11-4-12-20-33/h1-29,44H. The minimum atomic E-state index is -0.507. The highest BCUT2D eigenvalue weighted by molar-refractivity contribution is 5.79. The molecule has 9 nitrogen and oxygen atoms in total. The molecule has 252 valence electrons. The van der Waals surface area contributed by atoms with Crippen LogP contribution in [-0.4, -0.2) is 36.2 Å². The average Bonchev–Trinajstić information content (AvgIpc) is 3.75. The van der Waals surface area contributed by atoms with Crippen molar-refractivity contribution in [3.8, 4) is 68.3 Å². The van der Waals surface area contributed by atoms with Gasteiger partial charge in [0.1, 0.15) is 6.34 Å². The Labute approximate surface area is 306 Å². The average molecular weight is 687 g/mol. The normalized spacial score (nSPS) is 13.7. The number of aliphatic imine (C=N–C) groups is 1. The Bertz CT molecular complexity index is 2220. The third-order valence-electron chi connectivity index (χ3n) is 8.75. The van der Waals surface area contributed by atoms with Gasteiger partial charge < -0.3 is 0 Å². The van der Waals surface area contributed by atoms with Gasteiger partial charge in [-0.2, -0.15) is 0 Å². The summed E-state index contributed by atoms with van der Waals surface area (Å²) in [5.74, 6) is 3.65. The molecule has 9 heteroatoms. The summed E-state index contributed by atoms with van der Waals surface area (Å²) in [5, 5.41) is 1.67. The maximum Gasteiger partial charge on any atom is 0.202 e. The van der Waals surface area contributed by atoms with Crippen molar-refractivity contribution in [1.82, 2.24) is 29.9 Å². The number of aromatic nitrogens is 6. The highest BCUT2D eigenvalue weighted by Crippen LogP contribution is 2.32. The molecule has 1 aliphatic heterocycles. The molecule has 2 aromatic heterocycles. The molecule has 8 aromatic rings. The fourth-order valence-corrected chi connectivity index (χ4v) is 5.99. The van der Waals surface area contributed by atoms with Crippen LogP contribution in [0.1, 0.15) is 11.8 Å². The summed E-state index contributed by atoms with van der Waals surface area (Å²) in [6.07, 6.45) is 1.19. The number of rotatable bonds is 8. The second kappa shape index (κ2) is 14.2. The van der Waals surface area contributed by atoms with E-state index < -0.39 is 6.23 Å². The smallest absolute Gasteiger partial charge is 0.202 e. The van der Waals surface area contributed by atoms with Crippen molar-refractivity contribution in [2.75, 3.05) is 5.06 Å². The Kier molecular flexibility index (Phi) is 8.49. The molecular formula is C44H30N8O. The second-order valence-corrected chi connectivity index (χ2v) is 12.3. The van der Waals surface area contributed by atoms with Gasteiger partial charge in [-0.3, -0.25) is 0 Å². The van der Waals surface area contributed by atoms with Crippen LogP contribution in [0.25, 0.3) is 68.3 Å². The zero-order chi connectivity index (χ0) is 35.4. The van der Waals surface area contributed by atoms with E-state index in [0.29, 0.717) is 34.9 Å². The Morgan fingerprint density at radius 3 is 0.981 bits per heavy atom. The first kappa shape index (κ1) is 31.7. The number of anilines is 1.